The van der Waals surface area contributed by atoms with Crippen LogP contribution in [0.4, 0.5) is 5.69 Å². The molecule has 20 heavy (non-hydrogen) atoms. The Hall–Kier alpha value is -1.82. The smallest absolute Gasteiger partial charge is 0.268 e. The van der Waals surface area contributed by atoms with Crippen LogP contribution in [0.3, 0.4) is 0 Å². The third kappa shape index (κ3) is 3.01. The van der Waals surface area contributed by atoms with E-state index in [4.69, 9.17) is 5.73 Å². The highest BCUT2D eigenvalue weighted by Crippen LogP contribution is 2.20. The largest absolute Gasteiger partial charge is 0.397 e. The molecule has 1 unspecified atom stereocenters. The maximum absolute atomic E-state index is 12.4. The van der Waals surface area contributed by atoms with Gasteiger partial charge in [-0.3, -0.25) is 4.79 Å². The molecular formula is C14H20N4OS. The van der Waals surface area contributed by atoms with Crippen LogP contribution in [0.5, 0.6) is 0 Å². The van der Waals surface area contributed by atoms with Crippen LogP contribution in [0, 0.1) is 6.92 Å². The van der Waals surface area contributed by atoms with E-state index in [9.17, 15) is 4.79 Å². The number of hydrogen-bond donors (Lipinski definition) is 2. The number of rotatable bonds is 4. The normalized spacial score (nSPS) is 12.7. The van der Waals surface area contributed by atoms with E-state index in [1.807, 2.05) is 37.6 Å². The maximum Gasteiger partial charge on any atom is 0.268 e. The molecule has 0 radical (unpaired) electrons. The lowest BCUT2D eigenvalue weighted by atomic mass is 10.3. The molecule has 6 heteroatoms. The fourth-order valence-electron chi connectivity index (χ4n) is 2.01. The molecule has 0 aliphatic rings. The summed E-state index contributed by atoms with van der Waals surface area (Å²) < 4.78 is 1.88. The van der Waals surface area contributed by atoms with Crippen LogP contribution >= 0.6 is 11.3 Å². The number of nitrogen functional groups attached to an aromatic ring is 1. The Morgan fingerprint density at radius 2 is 2.15 bits per heavy atom. The number of carbonyl (C=O) groups is 1. The van der Waals surface area contributed by atoms with Crippen molar-refractivity contribution in [3.63, 3.8) is 0 Å². The summed E-state index contributed by atoms with van der Waals surface area (Å²) >= 11 is 1.55. The van der Waals surface area contributed by atoms with Crippen LogP contribution < -0.4 is 11.1 Å². The predicted molar refractivity (Wildman–Crippen MR) is 82.0 cm³/mol. The van der Waals surface area contributed by atoms with Gasteiger partial charge in [-0.15, -0.1) is 11.3 Å². The van der Waals surface area contributed by atoms with Crippen molar-refractivity contribution in [2.45, 2.75) is 39.8 Å². The first-order valence-electron chi connectivity index (χ1n) is 6.58. The van der Waals surface area contributed by atoms with Gasteiger partial charge in [0.05, 0.1) is 11.7 Å². The predicted octanol–water partition coefficient (Wildman–Crippen LogP) is 2.91. The summed E-state index contributed by atoms with van der Waals surface area (Å²) in [5.74, 6) is -0.129. The molecule has 0 aromatic carbocycles. The average Bonchev–Trinajstić information content (AvgIpc) is 2.95. The van der Waals surface area contributed by atoms with E-state index in [0.29, 0.717) is 11.4 Å². The zero-order chi connectivity index (χ0) is 14.9. The summed E-state index contributed by atoms with van der Waals surface area (Å²) in [6.07, 6.45) is 1.79. The number of aromatic nitrogens is 2. The lowest BCUT2D eigenvalue weighted by Gasteiger charge is -2.15. The summed E-state index contributed by atoms with van der Waals surface area (Å²) in [5.41, 5.74) is 7.94. The van der Waals surface area contributed by atoms with Crippen molar-refractivity contribution in [3.8, 4) is 0 Å². The Balaban J connectivity index is 2.16. The Morgan fingerprint density at radius 1 is 1.45 bits per heavy atom. The SMILES string of the molecule is Cc1csc(C(C)NC(=O)c2cc(N)cn2C(C)C)n1. The Labute approximate surface area is 122 Å². The number of thiazole rings is 1. The summed E-state index contributed by atoms with van der Waals surface area (Å²) in [4.78, 5) is 16.8. The first-order valence-corrected chi connectivity index (χ1v) is 7.46. The third-order valence-corrected chi connectivity index (χ3v) is 4.16. The van der Waals surface area contributed by atoms with Crippen LogP contribution in [0.2, 0.25) is 0 Å². The first kappa shape index (κ1) is 14.6. The summed E-state index contributed by atoms with van der Waals surface area (Å²) in [6.45, 7) is 7.91. The van der Waals surface area contributed by atoms with Crippen LogP contribution in [-0.4, -0.2) is 15.5 Å². The first-order chi connectivity index (χ1) is 9.38. The number of amides is 1. The van der Waals surface area contributed by atoms with Crippen LogP contribution in [0.1, 0.15) is 54.0 Å². The van der Waals surface area contributed by atoms with Gasteiger partial charge >= 0.3 is 0 Å². The monoisotopic (exact) mass is 292 g/mol. The molecule has 0 saturated heterocycles. The van der Waals surface area contributed by atoms with E-state index >= 15 is 0 Å². The second kappa shape index (κ2) is 5.66. The van der Waals surface area contributed by atoms with Gasteiger partial charge in [0.15, 0.2) is 0 Å². The lowest BCUT2D eigenvalue weighted by molar-refractivity contribution is 0.0929. The second-order valence-electron chi connectivity index (χ2n) is 5.18. The van der Waals surface area contributed by atoms with Gasteiger partial charge in [-0.25, -0.2) is 4.98 Å². The molecule has 0 fully saturated rings. The van der Waals surface area contributed by atoms with Gasteiger partial charge in [0.1, 0.15) is 10.7 Å². The molecule has 108 valence electrons. The zero-order valence-corrected chi connectivity index (χ0v) is 13.0. The summed E-state index contributed by atoms with van der Waals surface area (Å²) in [7, 11) is 0. The van der Waals surface area contributed by atoms with Crippen LogP contribution in [0.25, 0.3) is 0 Å². The topological polar surface area (TPSA) is 72.9 Å². The van der Waals surface area contributed by atoms with Crippen molar-refractivity contribution in [3.05, 3.63) is 34.0 Å². The second-order valence-corrected chi connectivity index (χ2v) is 6.07. The molecule has 0 bridgehead atoms. The number of nitrogens with zero attached hydrogens (tertiary/aromatic N) is 2. The van der Waals surface area contributed by atoms with Gasteiger partial charge in [0.25, 0.3) is 5.91 Å². The molecule has 2 rings (SSSR count). The fraction of sp³-hybridized carbons (Fsp3) is 0.429. The quantitative estimate of drug-likeness (QED) is 0.910. The van der Waals surface area contributed by atoms with Crippen molar-refractivity contribution in [2.24, 2.45) is 0 Å². The number of aryl methyl sites for hydroxylation is 1. The molecule has 1 amide bonds. The molecule has 2 aromatic heterocycles. The fourth-order valence-corrected chi connectivity index (χ4v) is 2.82. The summed E-state index contributed by atoms with van der Waals surface area (Å²) in [6, 6.07) is 1.78. The minimum Gasteiger partial charge on any atom is -0.397 e. The maximum atomic E-state index is 12.4. The van der Waals surface area contributed by atoms with E-state index in [1.165, 1.54) is 0 Å². The number of nitrogens with one attached hydrogen (secondary N) is 1. The molecule has 0 spiro atoms. The minimum atomic E-state index is -0.129. The van der Waals surface area contributed by atoms with E-state index in [-0.39, 0.29) is 18.0 Å². The lowest BCUT2D eigenvalue weighted by Crippen LogP contribution is -2.28. The Morgan fingerprint density at radius 3 is 2.70 bits per heavy atom. The van der Waals surface area contributed by atoms with E-state index in [2.05, 4.69) is 10.3 Å². The highest BCUT2D eigenvalue weighted by atomic mass is 32.1. The van der Waals surface area contributed by atoms with Crippen molar-refractivity contribution < 1.29 is 4.79 Å². The van der Waals surface area contributed by atoms with Gasteiger partial charge in [-0.1, -0.05) is 0 Å². The zero-order valence-electron chi connectivity index (χ0n) is 12.2. The molecule has 2 heterocycles. The van der Waals surface area contributed by atoms with Crippen molar-refractivity contribution in [2.75, 3.05) is 5.73 Å². The van der Waals surface area contributed by atoms with Crippen LogP contribution in [-0.2, 0) is 0 Å². The molecule has 1 atom stereocenters. The van der Waals surface area contributed by atoms with Gasteiger partial charge < -0.3 is 15.6 Å². The Kier molecular flexibility index (Phi) is 4.13. The van der Waals surface area contributed by atoms with Crippen LogP contribution in [0.15, 0.2) is 17.6 Å². The third-order valence-electron chi connectivity index (χ3n) is 3.01. The van der Waals surface area contributed by atoms with E-state index < -0.39 is 0 Å². The molecule has 0 saturated carbocycles. The molecule has 3 N–H and O–H groups in total. The van der Waals surface area contributed by atoms with Gasteiger partial charge in [0.2, 0.25) is 0 Å². The van der Waals surface area contributed by atoms with Gasteiger partial charge in [0, 0.05) is 23.3 Å². The number of hydrogen-bond acceptors (Lipinski definition) is 4. The molecule has 5 nitrogen and oxygen atoms in total. The van der Waals surface area contributed by atoms with Crippen molar-refractivity contribution in [1.82, 2.24) is 14.9 Å². The minimum absolute atomic E-state index is 0.113. The Bertz CT molecular complexity index is 614. The highest BCUT2D eigenvalue weighted by Gasteiger charge is 2.18. The van der Waals surface area contributed by atoms with Gasteiger partial charge in [-0.2, -0.15) is 0 Å². The average molecular weight is 292 g/mol. The number of carbonyl (C=O) groups excluding carboxylic acids is 1. The molecule has 2 aromatic rings. The van der Waals surface area contributed by atoms with E-state index in [0.717, 1.165) is 10.7 Å². The highest BCUT2D eigenvalue weighted by molar-refractivity contribution is 7.09. The van der Waals surface area contributed by atoms with Gasteiger partial charge in [-0.05, 0) is 33.8 Å². The number of anilines is 1. The van der Waals surface area contributed by atoms with E-state index in [1.54, 1.807) is 23.6 Å². The van der Waals surface area contributed by atoms with Crippen molar-refractivity contribution in [1.29, 1.82) is 0 Å². The standard InChI is InChI=1S/C14H20N4OS/c1-8(2)18-6-11(15)5-12(18)13(19)17-10(4)14-16-9(3)7-20-14/h5-8,10H,15H2,1-4H3,(H,17,19). The summed E-state index contributed by atoms with van der Waals surface area (Å²) in [5, 5.41) is 5.85. The van der Waals surface area contributed by atoms with Crippen molar-refractivity contribution >= 4 is 22.9 Å². The number of nitrogens with two attached hydrogens (primary N) is 1. The molecule has 0 aliphatic carbocycles. The molecular weight excluding hydrogens is 272 g/mol. The molecule has 0 aliphatic heterocycles.